The average molecular weight is 266 g/mol. The van der Waals surface area contributed by atoms with Crippen LogP contribution in [0.15, 0.2) is 0 Å². The van der Waals surface area contributed by atoms with Crippen LogP contribution in [-0.2, 0) is 9.53 Å². The molecule has 1 aromatic heterocycles. The van der Waals surface area contributed by atoms with E-state index in [9.17, 15) is 9.59 Å². The van der Waals surface area contributed by atoms with Crippen LogP contribution in [0.1, 0.15) is 48.0 Å². The molecule has 0 radical (unpaired) electrons. The minimum atomic E-state index is -0.269. The van der Waals surface area contributed by atoms with Crippen molar-refractivity contribution in [1.82, 2.24) is 20.1 Å². The molecule has 1 aliphatic carbocycles. The molecule has 1 N–H and O–H groups in total. The van der Waals surface area contributed by atoms with Crippen molar-refractivity contribution in [3.8, 4) is 0 Å². The Hall–Kier alpha value is -1.92. The smallest absolute Gasteiger partial charge is 0.305 e. The molecule has 7 nitrogen and oxygen atoms in total. The molecule has 104 valence electrons. The monoisotopic (exact) mass is 266 g/mol. The molecule has 1 amide bonds. The number of rotatable bonds is 6. The highest BCUT2D eigenvalue weighted by Crippen LogP contribution is 2.37. The third-order valence-corrected chi connectivity index (χ3v) is 3.11. The van der Waals surface area contributed by atoms with Crippen molar-refractivity contribution in [2.45, 2.75) is 31.6 Å². The summed E-state index contributed by atoms with van der Waals surface area (Å²) in [6.07, 6.45) is 3.08. The van der Waals surface area contributed by atoms with Crippen molar-refractivity contribution in [2.75, 3.05) is 20.7 Å². The van der Waals surface area contributed by atoms with Crippen LogP contribution >= 0.6 is 0 Å². The van der Waals surface area contributed by atoms with Crippen molar-refractivity contribution in [3.05, 3.63) is 11.6 Å². The number of hydrogen-bond donors (Lipinski definition) is 1. The van der Waals surface area contributed by atoms with Crippen molar-refractivity contribution >= 4 is 11.9 Å². The van der Waals surface area contributed by atoms with Gasteiger partial charge in [-0.25, -0.2) is 4.98 Å². The number of methoxy groups -OCH3 is 1. The highest BCUT2D eigenvalue weighted by molar-refractivity contribution is 5.90. The van der Waals surface area contributed by atoms with Gasteiger partial charge in [0.05, 0.1) is 7.11 Å². The Morgan fingerprint density at radius 1 is 1.47 bits per heavy atom. The zero-order valence-corrected chi connectivity index (χ0v) is 11.2. The first-order valence-electron chi connectivity index (χ1n) is 6.36. The van der Waals surface area contributed by atoms with E-state index in [0.29, 0.717) is 25.3 Å². The first-order valence-corrected chi connectivity index (χ1v) is 6.36. The molecule has 7 heteroatoms. The summed E-state index contributed by atoms with van der Waals surface area (Å²) in [6, 6.07) is 0. The van der Waals surface area contributed by atoms with Crippen LogP contribution in [0.5, 0.6) is 0 Å². The topological polar surface area (TPSA) is 88.2 Å². The first kappa shape index (κ1) is 13.5. The molecule has 1 aliphatic rings. The van der Waals surface area contributed by atoms with Gasteiger partial charge in [-0.15, -0.1) is 5.10 Å². The van der Waals surface area contributed by atoms with Gasteiger partial charge in [-0.1, -0.05) is 0 Å². The standard InChI is InChI=1S/C12H18N4O3/c1-16(7-3-4-9(17)19-2)12(18)11-13-10(14-15-11)8-5-6-8/h8H,3-7H2,1-2H3,(H,13,14,15). The Bertz CT molecular complexity index is 467. The number of amides is 1. The maximum Gasteiger partial charge on any atom is 0.305 e. The molecule has 19 heavy (non-hydrogen) atoms. The lowest BCUT2D eigenvalue weighted by Crippen LogP contribution is -2.29. The van der Waals surface area contributed by atoms with Crippen molar-refractivity contribution < 1.29 is 14.3 Å². The molecule has 0 aliphatic heterocycles. The molecule has 0 saturated heterocycles. The second kappa shape index (κ2) is 5.81. The molecule has 2 rings (SSSR count). The van der Waals surface area contributed by atoms with Gasteiger partial charge in [-0.2, -0.15) is 0 Å². The predicted octanol–water partition coefficient (Wildman–Crippen LogP) is 0.707. The van der Waals surface area contributed by atoms with Gasteiger partial charge in [-0.05, 0) is 19.3 Å². The number of aromatic amines is 1. The number of nitrogens with one attached hydrogen (secondary N) is 1. The summed E-state index contributed by atoms with van der Waals surface area (Å²) in [5.41, 5.74) is 0. The van der Waals surface area contributed by atoms with Gasteiger partial charge in [0.15, 0.2) is 0 Å². The summed E-state index contributed by atoms with van der Waals surface area (Å²) in [4.78, 5) is 28.7. The van der Waals surface area contributed by atoms with E-state index in [0.717, 1.165) is 18.7 Å². The van der Waals surface area contributed by atoms with E-state index < -0.39 is 0 Å². The minimum Gasteiger partial charge on any atom is -0.469 e. The molecule has 0 atom stereocenters. The van der Waals surface area contributed by atoms with Gasteiger partial charge in [0.1, 0.15) is 5.82 Å². The summed E-state index contributed by atoms with van der Waals surface area (Å²) >= 11 is 0. The second-order valence-electron chi connectivity index (χ2n) is 4.72. The Kier molecular flexibility index (Phi) is 4.13. The van der Waals surface area contributed by atoms with Crippen LogP contribution in [0, 0.1) is 0 Å². The van der Waals surface area contributed by atoms with E-state index in [2.05, 4.69) is 19.9 Å². The number of esters is 1. The van der Waals surface area contributed by atoms with Gasteiger partial charge in [0.25, 0.3) is 5.91 Å². The summed E-state index contributed by atoms with van der Waals surface area (Å²) in [7, 11) is 3.02. The van der Waals surface area contributed by atoms with E-state index >= 15 is 0 Å². The molecular formula is C12H18N4O3. The lowest BCUT2D eigenvalue weighted by Gasteiger charge is -2.14. The van der Waals surface area contributed by atoms with Crippen LogP contribution in [0.2, 0.25) is 0 Å². The Balaban J connectivity index is 1.82. The minimum absolute atomic E-state index is 0.197. The first-order chi connectivity index (χ1) is 9.11. The van der Waals surface area contributed by atoms with E-state index in [-0.39, 0.29) is 17.7 Å². The van der Waals surface area contributed by atoms with Gasteiger partial charge in [0, 0.05) is 25.9 Å². The quantitative estimate of drug-likeness (QED) is 0.766. The molecule has 1 heterocycles. The van der Waals surface area contributed by atoms with Crippen LogP contribution in [-0.4, -0.2) is 52.7 Å². The second-order valence-corrected chi connectivity index (χ2v) is 4.72. The summed E-state index contributed by atoms with van der Waals surface area (Å²) in [5.74, 6) is 0.940. The molecular weight excluding hydrogens is 248 g/mol. The number of H-pyrrole nitrogens is 1. The van der Waals surface area contributed by atoms with Crippen LogP contribution in [0.25, 0.3) is 0 Å². The van der Waals surface area contributed by atoms with E-state index in [1.165, 1.54) is 12.0 Å². The van der Waals surface area contributed by atoms with Crippen LogP contribution < -0.4 is 0 Å². The van der Waals surface area contributed by atoms with Crippen molar-refractivity contribution in [2.24, 2.45) is 0 Å². The number of aromatic nitrogens is 3. The van der Waals surface area contributed by atoms with Crippen molar-refractivity contribution in [3.63, 3.8) is 0 Å². The third-order valence-electron chi connectivity index (χ3n) is 3.11. The Morgan fingerprint density at radius 2 is 2.21 bits per heavy atom. The largest absolute Gasteiger partial charge is 0.469 e. The molecule has 1 fully saturated rings. The number of nitrogens with zero attached hydrogens (tertiary/aromatic N) is 3. The SMILES string of the molecule is COC(=O)CCCN(C)C(=O)c1n[nH]c(C2CC2)n1. The normalized spacial score (nSPS) is 14.2. The van der Waals surface area contributed by atoms with E-state index in [4.69, 9.17) is 0 Å². The van der Waals surface area contributed by atoms with Gasteiger partial charge in [0.2, 0.25) is 5.82 Å². The van der Waals surface area contributed by atoms with Gasteiger partial charge < -0.3 is 9.64 Å². The number of hydrogen-bond acceptors (Lipinski definition) is 5. The summed E-state index contributed by atoms with van der Waals surface area (Å²) in [6.45, 7) is 0.473. The number of ether oxygens (including phenoxy) is 1. The highest BCUT2D eigenvalue weighted by Gasteiger charge is 2.28. The zero-order chi connectivity index (χ0) is 13.8. The van der Waals surface area contributed by atoms with Crippen LogP contribution in [0.4, 0.5) is 0 Å². The third kappa shape index (κ3) is 3.52. The molecule has 0 bridgehead atoms. The fraction of sp³-hybridized carbons (Fsp3) is 0.667. The van der Waals surface area contributed by atoms with Crippen LogP contribution in [0.3, 0.4) is 0 Å². The van der Waals surface area contributed by atoms with E-state index in [1.807, 2.05) is 0 Å². The molecule has 1 saturated carbocycles. The molecule has 0 spiro atoms. The Labute approximate surface area is 111 Å². The summed E-state index contributed by atoms with van der Waals surface area (Å²) < 4.78 is 4.54. The lowest BCUT2D eigenvalue weighted by molar-refractivity contribution is -0.140. The average Bonchev–Trinajstić information content (AvgIpc) is 3.15. The molecule has 0 unspecified atom stereocenters. The number of carbonyl (C=O) groups excluding carboxylic acids is 2. The fourth-order valence-corrected chi connectivity index (χ4v) is 1.74. The summed E-state index contributed by atoms with van der Waals surface area (Å²) in [5, 5.41) is 6.74. The fourth-order valence-electron chi connectivity index (χ4n) is 1.74. The lowest BCUT2D eigenvalue weighted by atomic mass is 10.3. The Morgan fingerprint density at radius 3 is 2.84 bits per heavy atom. The van der Waals surface area contributed by atoms with Gasteiger partial charge in [-0.3, -0.25) is 14.7 Å². The molecule has 1 aromatic rings. The zero-order valence-electron chi connectivity index (χ0n) is 11.2. The maximum absolute atomic E-state index is 12.0. The maximum atomic E-state index is 12.0. The van der Waals surface area contributed by atoms with Crippen molar-refractivity contribution in [1.29, 1.82) is 0 Å². The number of carbonyl (C=O) groups is 2. The predicted molar refractivity (Wildman–Crippen MR) is 66.6 cm³/mol. The van der Waals surface area contributed by atoms with E-state index in [1.54, 1.807) is 7.05 Å². The highest BCUT2D eigenvalue weighted by atomic mass is 16.5. The molecule has 0 aromatic carbocycles. The van der Waals surface area contributed by atoms with Gasteiger partial charge >= 0.3 is 5.97 Å².